The molecule has 40 heavy (non-hydrogen) atoms. The standard InChI is InChI=1S/C31H36N2O6S/c1-8-37-30(35)27-20(6)32-31-33(28(27)22-11-14-24(39-19(4)5)25(16-22)36-7)29(34)26(40-31)15-21-9-12-23(13-10-21)38-17-18(2)3/h9-16,18-19,28H,8,17H2,1-7H3. The quantitative estimate of drug-likeness (QED) is 0.334. The topological polar surface area (TPSA) is 88.4 Å². The SMILES string of the molecule is CCOC(=O)C1=C(C)N=c2sc(=Cc3ccc(OCC(C)C)cc3)c(=O)n2C1c1ccc(OC(C)C)c(OC)c1. The Hall–Kier alpha value is -3.85. The molecule has 0 saturated carbocycles. The molecule has 0 saturated heterocycles. The molecule has 9 heteroatoms. The summed E-state index contributed by atoms with van der Waals surface area (Å²) in [6.45, 7) is 12.4. The van der Waals surface area contributed by atoms with Gasteiger partial charge in [0.15, 0.2) is 16.3 Å². The molecule has 0 spiro atoms. The van der Waals surface area contributed by atoms with Crippen molar-refractivity contribution in [2.75, 3.05) is 20.3 Å². The molecule has 3 aromatic rings. The van der Waals surface area contributed by atoms with Crippen LogP contribution in [0, 0.1) is 5.92 Å². The van der Waals surface area contributed by atoms with E-state index in [0.717, 1.165) is 11.3 Å². The summed E-state index contributed by atoms with van der Waals surface area (Å²) in [5, 5.41) is 0. The van der Waals surface area contributed by atoms with Crippen LogP contribution in [-0.2, 0) is 9.53 Å². The molecule has 8 nitrogen and oxygen atoms in total. The van der Waals surface area contributed by atoms with Crippen LogP contribution in [0.3, 0.4) is 0 Å². The summed E-state index contributed by atoms with van der Waals surface area (Å²) in [5.74, 6) is 1.78. The molecule has 2 heterocycles. The fourth-order valence-corrected chi connectivity index (χ4v) is 5.43. The number of hydrogen-bond acceptors (Lipinski definition) is 8. The first-order valence-corrected chi connectivity index (χ1v) is 14.2. The van der Waals surface area contributed by atoms with Gasteiger partial charge in [-0.1, -0.05) is 43.4 Å². The van der Waals surface area contributed by atoms with Gasteiger partial charge in [0.1, 0.15) is 5.75 Å². The van der Waals surface area contributed by atoms with E-state index in [0.29, 0.717) is 50.2 Å². The zero-order chi connectivity index (χ0) is 29.0. The fraction of sp³-hybridized carbons (Fsp3) is 0.387. The number of fused-ring (bicyclic) bond motifs is 1. The predicted octanol–water partition coefficient (Wildman–Crippen LogP) is 4.63. The monoisotopic (exact) mass is 564 g/mol. The average Bonchev–Trinajstić information content (AvgIpc) is 3.21. The third-order valence-electron chi connectivity index (χ3n) is 6.14. The van der Waals surface area contributed by atoms with Crippen LogP contribution in [-0.4, -0.2) is 37.0 Å². The zero-order valence-electron chi connectivity index (χ0n) is 24.0. The van der Waals surface area contributed by atoms with Crippen LogP contribution < -0.4 is 29.1 Å². The molecule has 2 aromatic carbocycles. The summed E-state index contributed by atoms with van der Waals surface area (Å²) in [4.78, 5) is 32.2. The highest BCUT2D eigenvalue weighted by atomic mass is 32.1. The Bertz CT molecular complexity index is 1580. The number of methoxy groups -OCH3 is 1. The Morgan fingerprint density at radius 2 is 1.82 bits per heavy atom. The first-order valence-electron chi connectivity index (χ1n) is 13.4. The third-order valence-corrected chi connectivity index (χ3v) is 7.13. The minimum atomic E-state index is -0.744. The van der Waals surface area contributed by atoms with Crippen LogP contribution in [0.4, 0.5) is 0 Å². The van der Waals surface area contributed by atoms with E-state index >= 15 is 0 Å². The Morgan fingerprint density at radius 1 is 1.10 bits per heavy atom. The number of esters is 1. The zero-order valence-corrected chi connectivity index (χ0v) is 24.8. The summed E-state index contributed by atoms with van der Waals surface area (Å²) in [6.07, 6.45) is 1.78. The highest BCUT2D eigenvalue weighted by Crippen LogP contribution is 2.36. The lowest BCUT2D eigenvalue weighted by Crippen LogP contribution is -2.40. The molecule has 1 aliphatic rings. The van der Waals surface area contributed by atoms with Crippen molar-refractivity contribution >= 4 is 23.4 Å². The lowest BCUT2D eigenvalue weighted by atomic mass is 9.95. The van der Waals surface area contributed by atoms with Crippen LogP contribution in [0.5, 0.6) is 17.2 Å². The van der Waals surface area contributed by atoms with Crippen molar-refractivity contribution in [3.05, 3.63) is 84.5 Å². The third kappa shape index (κ3) is 6.31. The molecular formula is C31H36N2O6S. The number of carbonyl (C=O) groups is 1. The van der Waals surface area contributed by atoms with Crippen molar-refractivity contribution in [2.45, 2.75) is 53.7 Å². The lowest BCUT2D eigenvalue weighted by Gasteiger charge is -2.25. The van der Waals surface area contributed by atoms with Crippen LogP contribution >= 0.6 is 11.3 Å². The van der Waals surface area contributed by atoms with Crippen LogP contribution in [0.15, 0.2) is 63.5 Å². The van der Waals surface area contributed by atoms with Gasteiger partial charge in [0.05, 0.1) is 48.3 Å². The minimum Gasteiger partial charge on any atom is -0.493 e. The average molecular weight is 565 g/mol. The molecular weight excluding hydrogens is 528 g/mol. The van der Waals surface area contributed by atoms with E-state index < -0.39 is 12.0 Å². The van der Waals surface area contributed by atoms with Crippen molar-refractivity contribution < 1.29 is 23.7 Å². The van der Waals surface area contributed by atoms with Gasteiger partial charge in [0, 0.05) is 0 Å². The number of carbonyl (C=O) groups excluding carboxylic acids is 1. The van der Waals surface area contributed by atoms with E-state index in [1.807, 2.05) is 50.3 Å². The molecule has 0 amide bonds. The molecule has 0 aliphatic carbocycles. The summed E-state index contributed by atoms with van der Waals surface area (Å²) in [6, 6.07) is 12.3. The largest absolute Gasteiger partial charge is 0.493 e. The number of hydrogen-bond donors (Lipinski definition) is 0. The van der Waals surface area contributed by atoms with E-state index in [4.69, 9.17) is 18.9 Å². The Labute approximate surface area is 238 Å². The second-order valence-corrected chi connectivity index (χ2v) is 11.2. The van der Waals surface area contributed by atoms with Crippen molar-refractivity contribution in [2.24, 2.45) is 10.9 Å². The highest BCUT2D eigenvalue weighted by Gasteiger charge is 2.34. The maximum atomic E-state index is 13.9. The van der Waals surface area contributed by atoms with Crippen molar-refractivity contribution in [1.29, 1.82) is 0 Å². The predicted molar refractivity (Wildman–Crippen MR) is 156 cm³/mol. The Kier molecular flexibility index (Phi) is 9.14. The first-order chi connectivity index (χ1) is 19.1. The molecule has 1 unspecified atom stereocenters. The molecule has 4 rings (SSSR count). The van der Waals surface area contributed by atoms with Gasteiger partial charge in [0.25, 0.3) is 5.56 Å². The van der Waals surface area contributed by atoms with Crippen molar-refractivity contribution in [1.82, 2.24) is 4.57 Å². The number of nitrogens with zero attached hydrogens (tertiary/aromatic N) is 2. The second-order valence-electron chi connectivity index (χ2n) is 10.2. The van der Waals surface area contributed by atoms with E-state index in [9.17, 15) is 9.59 Å². The van der Waals surface area contributed by atoms with Gasteiger partial charge >= 0.3 is 5.97 Å². The van der Waals surface area contributed by atoms with Gasteiger partial charge in [-0.25, -0.2) is 9.79 Å². The summed E-state index contributed by atoms with van der Waals surface area (Å²) in [7, 11) is 1.56. The number of rotatable bonds is 10. The van der Waals surface area contributed by atoms with Crippen LogP contribution in [0.2, 0.25) is 0 Å². The molecule has 0 fully saturated rings. The summed E-state index contributed by atoms with van der Waals surface area (Å²) >= 11 is 1.28. The summed E-state index contributed by atoms with van der Waals surface area (Å²) in [5.41, 5.74) is 2.11. The molecule has 1 aromatic heterocycles. The fourth-order valence-electron chi connectivity index (χ4n) is 4.39. The van der Waals surface area contributed by atoms with E-state index in [1.165, 1.54) is 11.3 Å². The minimum absolute atomic E-state index is 0.0505. The van der Waals surface area contributed by atoms with Gasteiger partial charge < -0.3 is 18.9 Å². The van der Waals surface area contributed by atoms with Gasteiger partial charge in [-0.3, -0.25) is 9.36 Å². The molecule has 1 atom stereocenters. The van der Waals surface area contributed by atoms with Gasteiger partial charge in [-0.05, 0) is 75.1 Å². The molecule has 0 radical (unpaired) electrons. The highest BCUT2D eigenvalue weighted by molar-refractivity contribution is 7.07. The Morgan fingerprint density at radius 3 is 2.45 bits per heavy atom. The normalized spacial score (nSPS) is 15.2. The van der Waals surface area contributed by atoms with E-state index in [2.05, 4.69) is 18.8 Å². The molecule has 0 bridgehead atoms. The van der Waals surface area contributed by atoms with Gasteiger partial charge in [-0.15, -0.1) is 0 Å². The van der Waals surface area contributed by atoms with Crippen LogP contribution in [0.25, 0.3) is 6.08 Å². The number of allylic oxidation sites excluding steroid dienone is 1. The van der Waals surface area contributed by atoms with Crippen molar-refractivity contribution in [3.8, 4) is 17.2 Å². The number of ether oxygens (including phenoxy) is 4. The van der Waals surface area contributed by atoms with E-state index in [1.54, 1.807) is 37.7 Å². The van der Waals surface area contributed by atoms with Crippen LogP contribution in [0.1, 0.15) is 58.7 Å². The van der Waals surface area contributed by atoms with Gasteiger partial charge in [-0.2, -0.15) is 0 Å². The molecule has 0 N–H and O–H groups in total. The molecule has 1 aliphatic heterocycles. The van der Waals surface area contributed by atoms with E-state index in [-0.39, 0.29) is 18.3 Å². The number of aromatic nitrogens is 1. The first kappa shape index (κ1) is 29.1. The lowest BCUT2D eigenvalue weighted by molar-refractivity contribution is -0.139. The maximum Gasteiger partial charge on any atom is 0.338 e. The maximum absolute atomic E-state index is 13.9. The summed E-state index contributed by atoms with van der Waals surface area (Å²) < 4.78 is 24.7. The molecule has 212 valence electrons. The second kappa shape index (κ2) is 12.6. The smallest absolute Gasteiger partial charge is 0.338 e. The Balaban J connectivity index is 1.83. The number of thiazole rings is 1. The van der Waals surface area contributed by atoms with Gasteiger partial charge in [0.2, 0.25) is 0 Å². The number of benzene rings is 2. The van der Waals surface area contributed by atoms with Crippen molar-refractivity contribution in [3.63, 3.8) is 0 Å².